The third-order valence-electron chi connectivity index (χ3n) is 3.24. The Kier molecular flexibility index (Phi) is 4.52. The van der Waals surface area contributed by atoms with E-state index in [2.05, 4.69) is 11.6 Å². The van der Waals surface area contributed by atoms with E-state index < -0.39 is 11.8 Å². The Morgan fingerprint density at radius 1 is 1.21 bits per heavy atom. The van der Waals surface area contributed by atoms with E-state index in [1.165, 1.54) is 18.2 Å². The molecule has 0 fully saturated rings. The van der Waals surface area contributed by atoms with Crippen molar-refractivity contribution in [2.45, 2.75) is 0 Å². The summed E-state index contributed by atoms with van der Waals surface area (Å²) in [4.78, 5) is 16.1. The molecule has 5 heteroatoms. The summed E-state index contributed by atoms with van der Waals surface area (Å²) in [7, 11) is 0. The first-order valence-electron chi connectivity index (χ1n) is 7.28. The zero-order valence-electron chi connectivity index (χ0n) is 12.7. The van der Waals surface area contributed by atoms with E-state index in [1.807, 2.05) is 0 Å². The van der Waals surface area contributed by atoms with Gasteiger partial charge in [-0.15, -0.1) is 0 Å². The number of hydrogen-bond acceptors (Lipinski definition) is 4. The summed E-state index contributed by atoms with van der Waals surface area (Å²) in [5.74, 6) is -0.188. The number of cyclic esters (lactones) is 1. The van der Waals surface area contributed by atoms with Crippen molar-refractivity contribution in [1.29, 1.82) is 0 Å². The Morgan fingerprint density at radius 3 is 2.71 bits per heavy atom. The molecule has 0 aliphatic carbocycles. The Bertz CT molecular complexity index is 838. The van der Waals surface area contributed by atoms with E-state index in [0.717, 1.165) is 5.56 Å². The van der Waals surface area contributed by atoms with Crippen LogP contribution in [-0.2, 0) is 9.53 Å². The minimum atomic E-state index is -0.568. The molecule has 2 aromatic carbocycles. The standard InChI is InChI=1S/C19H14FNO3/c1-2-10-23-16-8-6-13(7-9-16)11-17-19(22)24-18(21-17)14-4-3-5-15(20)12-14/h2-9,11-12H,1,10H2. The van der Waals surface area contributed by atoms with Gasteiger partial charge in [0.25, 0.3) is 0 Å². The summed E-state index contributed by atoms with van der Waals surface area (Å²) in [6, 6.07) is 12.9. The number of ether oxygens (including phenoxy) is 2. The van der Waals surface area contributed by atoms with Crippen molar-refractivity contribution in [2.24, 2.45) is 4.99 Å². The Balaban J connectivity index is 1.82. The average Bonchev–Trinajstić information content (AvgIpc) is 2.95. The van der Waals surface area contributed by atoms with Gasteiger partial charge in [-0.1, -0.05) is 30.9 Å². The lowest BCUT2D eigenvalue weighted by Crippen LogP contribution is -2.05. The Hall–Kier alpha value is -3.21. The quantitative estimate of drug-likeness (QED) is 0.478. The monoisotopic (exact) mass is 323 g/mol. The SMILES string of the molecule is C=CCOc1ccc(C=C2N=C(c3cccc(F)c3)OC2=O)cc1. The summed E-state index contributed by atoms with van der Waals surface area (Å²) >= 11 is 0. The summed E-state index contributed by atoms with van der Waals surface area (Å²) < 4.78 is 23.8. The van der Waals surface area contributed by atoms with Crippen LogP contribution in [-0.4, -0.2) is 18.5 Å². The predicted molar refractivity (Wildman–Crippen MR) is 89.1 cm³/mol. The molecular weight excluding hydrogens is 309 g/mol. The summed E-state index contributed by atoms with van der Waals surface area (Å²) in [5.41, 5.74) is 1.35. The highest BCUT2D eigenvalue weighted by molar-refractivity contribution is 6.12. The van der Waals surface area contributed by atoms with Crippen LogP contribution >= 0.6 is 0 Å². The molecular formula is C19H14FNO3. The minimum Gasteiger partial charge on any atom is -0.490 e. The van der Waals surface area contributed by atoms with Crippen LogP contribution in [0.5, 0.6) is 5.75 Å². The minimum absolute atomic E-state index is 0.0942. The maximum Gasteiger partial charge on any atom is 0.363 e. The number of halogens is 1. The number of carbonyl (C=O) groups is 1. The molecule has 0 spiro atoms. The van der Waals surface area contributed by atoms with Gasteiger partial charge in [0.15, 0.2) is 5.70 Å². The van der Waals surface area contributed by atoms with E-state index in [-0.39, 0.29) is 11.6 Å². The largest absolute Gasteiger partial charge is 0.490 e. The maximum absolute atomic E-state index is 13.3. The fourth-order valence-electron chi connectivity index (χ4n) is 2.13. The van der Waals surface area contributed by atoms with Gasteiger partial charge in [0.05, 0.1) is 0 Å². The van der Waals surface area contributed by atoms with Crippen molar-refractivity contribution in [3.8, 4) is 5.75 Å². The lowest BCUT2D eigenvalue weighted by molar-refractivity contribution is -0.129. The van der Waals surface area contributed by atoms with Gasteiger partial charge in [0.1, 0.15) is 18.2 Å². The van der Waals surface area contributed by atoms with Gasteiger partial charge >= 0.3 is 5.97 Å². The third-order valence-corrected chi connectivity index (χ3v) is 3.24. The fraction of sp³-hybridized carbons (Fsp3) is 0.0526. The van der Waals surface area contributed by atoms with Crippen LogP contribution in [0.1, 0.15) is 11.1 Å². The normalized spacial score (nSPS) is 15.1. The lowest BCUT2D eigenvalue weighted by Gasteiger charge is -2.02. The summed E-state index contributed by atoms with van der Waals surface area (Å²) in [6.07, 6.45) is 3.26. The molecule has 0 bridgehead atoms. The molecule has 0 atom stereocenters. The molecule has 1 aliphatic rings. The maximum atomic E-state index is 13.3. The zero-order chi connectivity index (χ0) is 16.9. The molecule has 3 rings (SSSR count). The second-order valence-corrected chi connectivity index (χ2v) is 5.02. The second kappa shape index (κ2) is 6.91. The van der Waals surface area contributed by atoms with Crippen LogP contribution in [0, 0.1) is 5.82 Å². The molecule has 2 aromatic rings. The zero-order valence-corrected chi connectivity index (χ0v) is 12.7. The van der Waals surface area contributed by atoms with Gasteiger partial charge < -0.3 is 9.47 Å². The van der Waals surface area contributed by atoms with E-state index in [0.29, 0.717) is 17.9 Å². The van der Waals surface area contributed by atoms with Crippen LogP contribution in [0.3, 0.4) is 0 Å². The Labute approximate surface area is 138 Å². The predicted octanol–water partition coefficient (Wildman–Crippen LogP) is 3.74. The molecule has 0 amide bonds. The first kappa shape index (κ1) is 15.7. The van der Waals surface area contributed by atoms with Crippen LogP contribution in [0.25, 0.3) is 6.08 Å². The van der Waals surface area contributed by atoms with Gasteiger partial charge in [-0.3, -0.25) is 0 Å². The molecule has 0 aromatic heterocycles. The van der Waals surface area contributed by atoms with Crippen LogP contribution in [0.15, 0.2) is 71.9 Å². The van der Waals surface area contributed by atoms with E-state index >= 15 is 0 Å². The highest BCUT2D eigenvalue weighted by Crippen LogP contribution is 2.21. The van der Waals surface area contributed by atoms with Gasteiger partial charge in [-0.25, -0.2) is 14.2 Å². The molecule has 0 saturated heterocycles. The Morgan fingerprint density at radius 2 is 2.00 bits per heavy atom. The van der Waals surface area contributed by atoms with Crippen molar-refractivity contribution in [1.82, 2.24) is 0 Å². The summed E-state index contributed by atoms with van der Waals surface area (Å²) in [5, 5.41) is 0. The van der Waals surface area contributed by atoms with E-state index in [9.17, 15) is 9.18 Å². The van der Waals surface area contributed by atoms with Crippen molar-refractivity contribution in [3.63, 3.8) is 0 Å². The number of carbonyl (C=O) groups excluding carboxylic acids is 1. The topological polar surface area (TPSA) is 47.9 Å². The number of benzene rings is 2. The number of aliphatic imine (C=N–C) groups is 1. The second-order valence-electron chi connectivity index (χ2n) is 5.02. The summed E-state index contributed by atoms with van der Waals surface area (Å²) in [6.45, 7) is 4.01. The van der Waals surface area contributed by atoms with Crippen molar-refractivity contribution in [2.75, 3.05) is 6.61 Å². The molecule has 0 N–H and O–H groups in total. The van der Waals surface area contributed by atoms with E-state index in [4.69, 9.17) is 9.47 Å². The van der Waals surface area contributed by atoms with Gasteiger partial charge in [-0.2, -0.15) is 0 Å². The molecule has 0 unspecified atom stereocenters. The molecule has 1 aliphatic heterocycles. The highest BCUT2D eigenvalue weighted by Gasteiger charge is 2.24. The lowest BCUT2D eigenvalue weighted by atomic mass is 10.2. The van der Waals surface area contributed by atoms with Gasteiger partial charge in [0, 0.05) is 5.56 Å². The first-order valence-corrected chi connectivity index (χ1v) is 7.28. The fourth-order valence-corrected chi connectivity index (χ4v) is 2.13. The molecule has 1 heterocycles. The van der Waals surface area contributed by atoms with E-state index in [1.54, 1.807) is 42.5 Å². The van der Waals surface area contributed by atoms with Crippen LogP contribution in [0.2, 0.25) is 0 Å². The molecule has 0 radical (unpaired) electrons. The third kappa shape index (κ3) is 3.57. The highest BCUT2D eigenvalue weighted by atomic mass is 19.1. The molecule has 24 heavy (non-hydrogen) atoms. The first-order chi connectivity index (χ1) is 11.7. The van der Waals surface area contributed by atoms with Crippen molar-refractivity contribution < 1.29 is 18.7 Å². The van der Waals surface area contributed by atoms with Crippen LogP contribution in [0.4, 0.5) is 4.39 Å². The van der Waals surface area contributed by atoms with Crippen LogP contribution < -0.4 is 4.74 Å². The smallest absolute Gasteiger partial charge is 0.363 e. The number of rotatable bonds is 5. The average molecular weight is 323 g/mol. The number of nitrogens with zero attached hydrogens (tertiary/aromatic N) is 1. The van der Waals surface area contributed by atoms with Crippen molar-refractivity contribution >= 4 is 17.9 Å². The molecule has 0 saturated carbocycles. The molecule has 4 nitrogen and oxygen atoms in total. The number of hydrogen-bond donors (Lipinski definition) is 0. The van der Waals surface area contributed by atoms with Gasteiger partial charge in [0.2, 0.25) is 5.90 Å². The molecule has 120 valence electrons. The number of esters is 1. The van der Waals surface area contributed by atoms with Gasteiger partial charge in [-0.05, 0) is 42.0 Å². The van der Waals surface area contributed by atoms with Crippen molar-refractivity contribution in [3.05, 3.63) is 83.8 Å².